The minimum atomic E-state index is -0.647. The van der Waals surface area contributed by atoms with Crippen LogP contribution in [0.15, 0.2) is 103 Å². The number of ether oxygens (including phenoxy) is 2. The Morgan fingerprint density at radius 3 is 2.41 bits per heavy atom. The van der Waals surface area contributed by atoms with E-state index in [1.165, 1.54) is 37.6 Å². The Morgan fingerprint density at radius 1 is 0.864 bits per heavy atom. The zero-order valence-electron chi connectivity index (χ0n) is 38.4. The number of aromatic amines is 1. The molecule has 0 spiro atoms. The highest BCUT2D eigenvalue weighted by atomic mass is 16.5. The van der Waals surface area contributed by atoms with Crippen LogP contribution in [0, 0.1) is 11.8 Å². The number of phenolic OH excluding ortho intramolecular Hbond substituents is 3. The van der Waals surface area contributed by atoms with Gasteiger partial charge in [-0.3, -0.25) is 14.4 Å². The van der Waals surface area contributed by atoms with Gasteiger partial charge in [0.1, 0.15) is 29.2 Å². The maximum atomic E-state index is 14.4. The summed E-state index contributed by atoms with van der Waals surface area (Å²) in [6.07, 6.45) is 21.1. The molecule has 4 atom stereocenters. The molecule has 5 aromatic rings. The average molecular weight is 897 g/mol. The summed E-state index contributed by atoms with van der Waals surface area (Å²) >= 11 is 0. The fourth-order valence-corrected chi connectivity index (χ4v) is 10.5. The molecule has 0 saturated heterocycles. The first-order valence-corrected chi connectivity index (χ1v) is 23.8. The molecule has 1 fully saturated rings. The number of hydrogen-bond acceptors (Lipinski definition) is 10. The number of dihydropyridines is 1. The van der Waals surface area contributed by atoms with Crippen molar-refractivity contribution in [2.24, 2.45) is 11.8 Å². The number of phenols is 3. The molecule has 1 saturated carbocycles. The monoisotopic (exact) mass is 896 g/mol. The third-order valence-corrected chi connectivity index (χ3v) is 14.1. The van der Waals surface area contributed by atoms with Crippen LogP contribution in [0.1, 0.15) is 119 Å². The van der Waals surface area contributed by atoms with E-state index in [2.05, 4.69) is 58.8 Å². The van der Waals surface area contributed by atoms with E-state index in [1.54, 1.807) is 12.1 Å². The summed E-state index contributed by atoms with van der Waals surface area (Å²) in [6, 6.07) is 16.1. The lowest BCUT2D eigenvalue weighted by Gasteiger charge is -2.33. The Hall–Kier alpha value is -6.43. The van der Waals surface area contributed by atoms with Gasteiger partial charge in [0, 0.05) is 86.7 Å². The fourth-order valence-electron chi connectivity index (χ4n) is 10.5. The van der Waals surface area contributed by atoms with Crippen LogP contribution < -0.4 is 15.0 Å². The highest BCUT2D eigenvalue weighted by Gasteiger charge is 2.30. The van der Waals surface area contributed by atoms with E-state index in [1.807, 2.05) is 41.2 Å². The quantitative estimate of drug-likeness (QED) is 0.0710. The van der Waals surface area contributed by atoms with Crippen molar-refractivity contribution < 1.29 is 39.2 Å². The first kappa shape index (κ1) is 46.1. The Labute approximate surface area is 387 Å². The fraction of sp³-hybridized carbons (Fsp3) is 0.426. The van der Waals surface area contributed by atoms with E-state index in [4.69, 9.17) is 9.47 Å². The van der Waals surface area contributed by atoms with Crippen molar-refractivity contribution in [1.82, 2.24) is 14.9 Å². The van der Waals surface area contributed by atoms with Crippen LogP contribution in [0.5, 0.6) is 23.0 Å². The first-order chi connectivity index (χ1) is 32.0. The van der Waals surface area contributed by atoms with E-state index in [-0.39, 0.29) is 59.4 Å². The molecular weight excluding hydrogens is 833 g/mol. The summed E-state index contributed by atoms with van der Waals surface area (Å²) in [4.78, 5) is 46.4. The minimum Gasteiger partial charge on any atom is -0.508 e. The topological polar surface area (TPSA) is 166 Å². The number of benzene rings is 3. The van der Waals surface area contributed by atoms with Crippen molar-refractivity contribution in [3.05, 3.63) is 125 Å². The highest BCUT2D eigenvalue weighted by molar-refractivity contribution is 5.95. The number of nitrogens with zero attached hydrogens (tertiary/aromatic N) is 2. The van der Waals surface area contributed by atoms with Crippen molar-refractivity contribution in [1.29, 1.82) is 0 Å². The third kappa shape index (κ3) is 10.6. The van der Waals surface area contributed by atoms with Crippen LogP contribution in [0.25, 0.3) is 10.8 Å². The van der Waals surface area contributed by atoms with Crippen molar-refractivity contribution in [2.45, 2.75) is 115 Å². The molecule has 0 unspecified atom stereocenters. The Balaban J connectivity index is 1.28. The number of rotatable bonds is 9. The lowest BCUT2D eigenvalue weighted by molar-refractivity contribution is -0.148. The zero-order valence-corrected chi connectivity index (χ0v) is 38.4. The van der Waals surface area contributed by atoms with Gasteiger partial charge >= 0.3 is 5.97 Å². The van der Waals surface area contributed by atoms with E-state index in [0.29, 0.717) is 37.9 Å². The number of H-pyrrole nitrogens is 1. The average Bonchev–Trinajstić information content (AvgIpc) is 3.96. The van der Waals surface area contributed by atoms with Crippen LogP contribution in [-0.4, -0.2) is 68.7 Å². The lowest BCUT2D eigenvalue weighted by atomic mass is 9.82. The summed E-state index contributed by atoms with van der Waals surface area (Å²) in [5.41, 5.74) is 5.89. The van der Waals surface area contributed by atoms with Crippen LogP contribution in [-0.2, 0) is 32.0 Å². The summed E-state index contributed by atoms with van der Waals surface area (Å²) in [5.74, 6) is 0.274. The molecule has 0 radical (unpaired) electrons. The zero-order chi connectivity index (χ0) is 46.3. The van der Waals surface area contributed by atoms with Crippen molar-refractivity contribution in [3.8, 4) is 23.0 Å². The Bertz CT molecular complexity index is 2600. The molecule has 2 aromatic heterocycles. The molecule has 66 heavy (non-hydrogen) atoms. The second-order valence-electron chi connectivity index (χ2n) is 18.5. The number of ketones is 2. The van der Waals surface area contributed by atoms with Gasteiger partial charge in [0.2, 0.25) is 5.75 Å². The molecule has 4 bridgehead atoms. The maximum Gasteiger partial charge on any atom is 0.302 e. The van der Waals surface area contributed by atoms with E-state index >= 15 is 0 Å². The van der Waals surface area contributed by atoms with Crippen molar-refractivity contribution >= 4 is 34.0 Å². The summed E-state index contributed by atoms with van der Waals surface area (Å²) in [7, 11) is 1.41. The second-order valence-corrected chi connectivity index (χ2v) is 18.5. The third-order valence-electron chi connectivity index (χ3n) is 14.1. The number of anilines is 1. The largest absolute Gasteiger partial charge is 0.508 e. The maximum absolute atomic E-state index is 14.4. The number of esters is 1. The van der Waals surface area contributed by atoms with E-state index in [9.17, 15) is 29.7 Å². The normalized spacial score (nSPS) is 21.3. The molecule has 12 heteroatoms. The van der Waals surface area contributed by atoms with Crippen LogP contribution in [0.4, 0.5) is 5.69 Å². The number of hydrogen-bond donors (Lipinski definition) is 5. The molecule has 3 aromatic carbocycles. The van der Waals surface area contributed by atoms with E-state index in [0.717, 1.165) is 78.4 Å². The van der Waals surface area contributed by atoms with Gasteiger partial charge in [-0.15, -0.1) is 0 Å². The lowest BCUT2D eigenvalue weighted by Crippen LogP contribution is -2.36. The molecule has 5 N–H and O–H groups in total. The Kier molecular flexibility index (Phi) is 14.5. The van der Waals surface area contributed by atoms with Crippen LogP contribution in [0.3, 0.4) is 0 Å². The SMILES string of the molecule is CC[C@@H]1CC[C@@H](OC(C)=O)CC(=O)C[C@H](c2cc(O)c(O)c(OC)c2)n2cc3cccc(c3c2)N(CCC(=O)C2CCCCC2)C2=CC(=CCN2)[C@H](c2cccc(O)c2)Cc2c[nH]cc2C1. The number of nitrogens with one attached hydrogen (secondary N) is 2. The number of fused-ring (bicyclic) bond motifs is 3. The highest BCUT2D eigenvalue weighted by Crippen LogP contribution is 2.42. The van der Waals surface area contributed by atoms with Gasteiger partial charge in [-0.2, -0.15) is 0 Å². The number of Topliss-reactive ketones (excluding diaryl/α,β-unsaturated/α-hetero) is 2. The van der Waals surface area contributed by atoms with Gasteiger partial charge in [-0.1, -0.05) is 62.9 Å². The standard InChI is InChI=1S/C54H64N4O8/c1-4-35-16-17-45(66-34(2)59)28-44(61)29-49(40-25-51(63)54(64)52(26-40)65-3)57-32-39-13-9-15-48(47(39)33-57)58(21-19-50(62)36-10-6-5-7-11-36)53-27-38(18-20-56-53)46(37-12-8-14-43(60)23-37)24-42-31-55-30-41(42)22-35/h8-9,12-15,18,23,25-27,30-33,35-36,45-46,49,55-56,60,63-64H,4-7,10-11,16-17,19-22,24,28-29H2,1-3H3/t35-,45-,46+,49-/m1/s1. The Morgan fingerprint density at radius 2 is 1.65 bits per heavy atom. The van der Waals surface area contributed by atoms with Crippen molar-refractivity contribution in [2.75, 3.05) is 25.1 Å². The molecule has 1 aliphatic carbocycles. The molecule has 0 amide bonds. The van der Waals surface area contributed by atoms with Gasteiger partial charge < -0.3 is 44.6 Å². The molecule has 12 nitrogen and oxygen atoms in total. The molecule has 4 heterocycles. The summed E-state index contributed by atoms with van der Waals surface area (Å²) in [6.45, 7) is 4.53. The smallest absolute Gasteiger partial charge is 0.302 e. The summed E-state index contributed by atoms with van der Waals surface area (Å²) in [5, 5.41) is 37.8. The molecule has 348 valence electrons. The van der Waals surface area contributed by atoms with Gasteiger partial charge in [-0.25, -0.2) is 0 Å². The predicted octanol–water partition coefficient (Wildman–Crippen LogP) is 10.1. The molecule has 3 aliphatic rings. The first-order valence-electron chi connectivity index (χ1n) is 23.8. The number of aromatic nitrogens is 2. The minimum absolute atomic E-state index is 0.00225. The van der Waals surface area contributed by atoms with Crippen LogP contribution in [0.2, 0.25) is 0 Å². The molecular formula is C54H64N4O8. The van der Waals surface area contributed by atoms with Crippen molar-refractivity contribution in [3.63, 3.8) is 0 Å². The number of carbonyl (C=O) groups excluding carboxylic acids is 3. The number of allylic oxidation sites excluding steroid dienone is 2. The predicted molar refractivity (Wildman–Crippen MR) is 256 cm³/mol. The summed E-state index contributed by atoms with van der Waals surface area (Å²) < 4.78 is 13.3. The molecule has 2 aliphatic heterocycles. The second kappa shape index (κ2) is 20.8. The van der Waals surface area contributed by atoms with Crippen LogP contribution >= 0.6 is 0 Å². The number of methoxy groups -OCH3 is 1. The number of carbonyl (C=O) groups is 3. The van der Waals surface area contributed by atoms with Gasteiger partial charge in [0.25, 0.3) is 0 Å². The van der Waals surface area contributed by atoms with E-state index < -0.39 is 23.9 Å². The van der Waals surface area contributed by atoms with Gasteiger partial charge in [-0.05, 0) is 109 Å². The van der Waals surface area contributed by atoms with Gasteiger partial charge in [0.15, 0.2) is 11.5 Å². The molecule has 8 rings (SSSR count). The number of aromatic hydroxyl groups is 3. The van der Waals surface area contributed by atoms with Gasteiger partial charge in [0.05, 0.1) is 18.8 Å².